The molecule has 0 spiro atoms. The molecular formula is C28H20F2. The zero-order valence-corrected chi connectivity index (χ0v) is 16.4. The van der Waals surface area contributed by atoms with Crippen molar-refractivity contribution < 1.29 is 8.78 Å². The van der Waals surface area contributed by atoms with Gasteiger partial charge in [0.25, 0.3) is 0 Å². The first-order valence-electron chi connectivity index (χ1n) is 10.1. The van der Waals surface area contributed by atoms with Crippen LogP contribution in [0.4, 0.5) is 8.78 Å². The van der Waals surface area contributed by atoms with Gasteiger partial charge in [-0.15, -0.1) is 0 Å². The van der Waals surface area contributed by atoms with Crippen molar-refractivity contribution in [2.75, 3.05) is 0 Å². The van der Waals surface area contributed by atoms with E-state index in [-0.39, 0.29) is 5.56 Å². The molecule has 0 atom stereocenters. The van der Waals surface area contributed by atoms with Crippen molar-refractivity contribution >= 4 is 5.83 Å². The maximum Gasteiger partial charge on any atom is 0.163 e. The molecule has 0 saturated carbocycles. The van der Waals surface area contributed by atoms with Gasteiger partial charge in [0, 0.05) is 5.56 Å². The minimum absolute atomic E-state index is 0.254. The molecule has 1 aliphatic rings. The van der Waals surface area contributed by atoms with Crippen LogP contribution in [0.2, 0.25) is 0 Å². The van der Waals surface area contributed by atoms with E-state index in [0.717, 1.165) is 27.8 Å². The van der Waals surface area contributed by atoms with Crippen molar-refractivity contribution in [1.29, 1.82) is 0 Å². The first-order chi connectivity index (χ1) is 14.7. The smallest absolute Gasteiger partial charge is 0.163 e. The number of rotatable bonds is 4. The van der Waals surface area contributed by atoms with Gasteiger partial charge >= 0.3 is 0 Å². The van der Waals surface area contributed by atoms with Gasteiger partial charge in [0.1, 0.15) is 0 Å². The number of fused-ring (bicyclic) bond motifs is 3. The Hall–Kier alpha value is -3.52. The summed E-state index contributed by atoms with van der Waals surface area (Å²) in [4.78, 5) is 0. The van der Waals surface area contributed by atoms with Crippen LogP contribution in [0.1, 0.15) is 22.3 Å². The van der Waals surface area contributed by atoms with Crippen LogP contribution in [-0.4, -0.2) is 0 Å². The van der Waals surface area contributed by atoms with Gasteiger partial charge in [-0.25, -0.2) is 8.78 Å². The normalized spacial score (nSPS) is 14.6. The first-order valence-corrected chi connectivity index (χ1v) is 10.1. The van der Waals surface area contributed by atoms with Gasteiger partial charge < -0.3 is 0 Å². The molecule has 5 rings (SSSR count). The van der Waals surface area contributed by atoms with Crippen LogP contribution in [-0.2, 0) is 11.8 Å². The summed E-state index contributed by atoms with van der Waals surface area (Å²) in [5.41, 5.74) is 3.52. The van der Waals surface area contributed by atoms with Crippen LogP contribution in [0.15, 0.2) is 115 Å². The molecule has 146 valence electrons. The molecule has 0 unspecified atom stereocenters. The van der Waals surface area contributed by atoms with Gasteiger partial charge in [-0.2, -0.15) is 0 Å². The van der Waals surface area contributed by atoms with Crippen LogP contribution in [0.25, 0.3) is 17.0 Å². The highest BCUT2D eigenvalue weighted by molar-refractivity contribution is 5.85. The average Bonchev–Trinajstić information content (AvgIpc) is 3.10. The molecule has 0 bridgehead atoms. The van der Waals surface area contributed by atoms with Gasteiger partial charge in [-0.3, -0.25) is 0 Å². The molecule has 1 aliphatic carbocycles. The molecule has 0 aliphatic heterocycles. The monoisotopic (exact) mass is 394 g/mol. The Kier molecular flexibility index (Phi) is 4.55. The second kappa shape index (κ2) is 7.38. The Bertz CT molecular complexity index is 1180. The lowest BCUT2D eigenvalue weighted by molar-refractivity contribution is 0.447. The summed E-state index contributed by atoms with van der Waals surface area (Å²) in [5.74, 6) is -1.55. The molecule has 4 aromatic carbocycles. The van der Waals surface area contributed by atoms with Crippen molar-refractivity contribution in [3.8, 4) is 11.1 Å². The van der Waals surface area contributed by atoms with Crippen LogP contribution >= 0.6 is 0 Å². The number of benzene rings is 4. The Morgan fingerprint density at radius 1 is 0.567 bits per heavy atom. The van der Waals surface area contributed by atoms with E-state index in [1.807, 2.05) is 78.9 Å². The van der Waals surface area contributed by atoms with Gasteiger partial charge in [0.15, 0.2) is 11.7 Å². The molecule has 0 amide bonds. The molecule has 0 nitrogen and oxygen atoms in total. The molecule has 4 aromatic rings. The van der Waals surface area contributed by atoms with Gasteiger partial charge in [-0.1, -0.05) is 109 Å². The highest BCUT2D eigenvalue weighted by Crippen LogP contribution is 2.56. The molecule has 0 N–H and O–H groups in total. The highest BCUT2D eigenvalue weighted by atomic mass is 19.2. The van der Waals surface area contributed by atoms with E-state index in [1.165, 1.54) is 0 Å². The number of halogens is 2. The maximum absolute atomic E-state index is 16.4. The van der Waals surface area contributed by atoms with Crippen LogP contribution in [0.5, 0.6) is 0 Å². The zero-order valence-electron chi connectivity index (χ0n) is 16.4. The third-order valence-corrected chi connectivity index (χ3v) is 5.97. The maximum atomic E-state index is 16.4. The highest BCUT2D eigenvalue weighted by Gasteiger charge is 2.48. The summed E-state index contributed by atoms with van der Waals surface area (Å²) in [6.07, 6.45) is 0.341. The fourth-order valence-corrected chi connectivity index (χ4v) is 4.63. The lowest BCUT2D eigenvalue weighted by atomic mass is 9.72. The second-order valence-electron chi connectivity index (χ2n) is 7.65. The molecule has 0 radical (unpaired) electrons. The quantitative estimate of drug-likeness (QED) is 0.336. The van der Waals surface area contributed by atoms with Crippen molar-refractivity contribution in [2.24, 2.45) is 0 Å². The standard InChI is InChI=1S/C28H20F2/c29-26(21-13-5-2-6-14-21)27(30)28(19-20-11-3-1-4-12-20)24-17-9-7-15-22(24)23-16-8-10-18-25(23)28/h1-18H,19H2/b27-26+. The third kappa shape index (κ3) is 2.80. The first kappa shape index (κ1) is 18.5. The SMILES string of the molecule is F/C(=C(/F)C1(Cc2ccccc2)c2ccccc2-c2ccccc21)c1ccccc1. The van der Waals surface area contributed by atoms with E-state index in [0.29, 0.717) is 6.42 Å². The number of hydrogen-bond acceptors (Lipinski definition) is 0. The van der Waals surface area contributed by atoms with E-state index >= 15 is 8.78 Å². The van der Waals surface area contributed by atoms with Crippen molar-refractivity contribution in [2.45, 2.75) is 11.8 Å². The Balaban J connectivity index is 1.83. The lowest BCUT2D eigenvalue weighted by Gasteiger charge is -2.31. The fourth-order valence-electron chi connectivity index (χ4n) is 4.63. The minimum Gasteiger partial charge on any atom is -0.207 e. The Morgan fingerprint density at radius 3 is 1.60 bits per heavy atom. The summed E-state index contributed by atoms with van der Waals surface area (Å²) in [6.45, 7) is 0. The average molecular weight is 394 g/mol. The second-order valence-corrected chi connectivity index (χ2v) is 7.65. The van der Waals surface area contributed by atoms with Gasteiger partial charge in [0.2, 0.25) is 0 Å². The van der Waals surface area contributed by atoms with E-state index in [2.05, 4.69) is 0 Å². The van der Waals surface area contributed by atoms with Crippen LogP contribution in [0.3, 0.4) is 0 Å². The minimum atomic E-state index is -1.21. The topological polar surface area (TPSA) is 0 Å². The van der Waals surface area contributed by atoms with Crippen molar-refractivity contribution in [3.05, 3.63) is 137 Å². The van der Waals surface area contributed by atoms with Gasteiger partial charge in [-0.05, 0) is 34.2 Å². The van der Waals surface area contributed by atoms with Crippen molar-refractivity contribution in [1.82, 2.24) is 0 Å². The summed E-state index contributed by atoms with van der Waals surface area (Å²) in [7, 11) is 0. The van der Waals surface area contributed by atoms with E-state index in [9.17, 15) is 0 Å². The summed E-state index contributed by atoms with van der Waals surface area (Å²) < 4.78 is 32.0. The number of allylic oxidation sites excluding steroid dienone is 1. The molecule has 0 fully saturated rings. The fraction of sp³-hybridized carbons (Fsp3) is 0.0714. The molecule has 0 heterocycles. The molecular weight excluding hydrogens is 374 g/mol. The predicted octanol–water partition coefficient (Wildman–Crippen LogP) is 7.50. The molecule has 0 aromatic heterocycles. The van der Waals surface area contributed by atoms with Crippen LogP contribution in [0, 0.1) is 0 Å². The summed E-state index contributed by atoms with van der Waals surface area (Å²) in [6, 6.07) is 33.8. The summed E-state index contributed by atoms with van der Waals surface area (Å²) in [5, 5.41) is 0. The van der Waals surface area contributed by atoms with E-state index in [4.69, 9.17) is 0 Å². The molecule has 30 heavy (non-hydrogen) atoms. The largest absolute Gasteiger partial charge is 0.207 e. The van der Waals surface area contributed by atoms with Gasteiger partial charge in [0.05, 0.1) is 5.41 Å². The molecule has 2 heteroatoms. The van der Waals surface area contributed by atoms with Crippen LogP contribution < -0.4 is 0 Å². The number of hydrogen-bond donors (Lipinski definition) is 0. The predicted molar refractivity (Wildman–Crippen MR) is 118 cm³/mol. The van der Waals surface area contributed by atoms with E-state index in [1.54, 1.807) is 30.3 Å². The Morgan fingerprint density at radius 2 is 1.03 bits per heavy atom. The third-order valence-electron chi connectivity index (χ3n) is 5.97. The van der Waals surface area contributed by atoms with E-state index < -0.39 is 17.1 Å². The lowest BCUT2D eigenvalue weighted by Crippen LogP contribution is -2.30. The zero-order chi connectivity index (χ0) is 20.6. The Labute approximate surface area is 175 Å². The molecule has 0 saturated heterocycles. The summed E-state index contributed by atoms with van der Waals surface area (Å²) >= 11 is 0. The van der Waals surface area contributed by atoms with Crippen molar-refractivity contribution in [3.63, 3.8) is 0 Å².